The first-order valence-electron chi connectivity index (χ1n) is 5.80. The Hall–Kier alpha value is -1.83. The van der Waals surface area contributed by atoms with E-state index in [0.717, 1.165) is 6.42 Å². The Kier molecular flexibility index (Phi) is 3.43. The van der Waals surface area contributed by atoms with Crippen LogP contribution in [0.25, 0.3) is 0 Å². The number of allylic oxidation sites excluding steroid dienone is 2. The number of aliphatic carboxylic acids is 1. The molecule has 0 spiro atoms. The minimum atomic E-state index is -0.739. The van der Waals surface area contributed by atoms with Crippen molar-refractivity contribution in [3.8, 4) is 0 Å². The zero-order valence-corrected chi connectivity index (χ0v) is 9.62. The molecule has 2 rings (SSSR count). The van der Waals surface area contributed by atoms with Crippen molar-refractivity contribution in [3.63, 3.8) is 0 Å². The summed E-state index contributed by atoms with van der Waals surface area (Å²) >= 11 is 0. The third kappa shape index (κ3) is 2.47. The summed E-state index contributed by atoms with van der Waals surface area (Å²) in [7, 11) is 0. The van der Waals surface area contributed by atoms with Gasteiger partial charge < -0.3 is 5.11 Å². The number of carboxylic acids is 1. The van der Waals surface area contributed by atoms with Gasteiger partial charge in [0.25, 0.3) is 0 Å². The lowest BCUT2D eigenvalue weighted by Gasteiger charge is -2.31. The summed E-state index contributed by atoms with van der Waals surface area (Å²) in [5.41, 5.74) is 1.22. The molecule has 0 aliphatic heterocycles. The molecule has 17 heavy (non-hydrogen) atoms. The average Bonchev–Trinajstić information content (AvgIpc) is 2.27. The second-order valence-electron chi connectivity index (χ2n) is 4.42. The highest BCUT2D eigenvalue weighted by Gasteiger charge is 2.34. The van der Waals surface area contributed by atoms with E-state index in [1.165, 1.54) is 5.56 Å². The van der Waals surface area contributed by atoms with Gasteiger partial charge in [-0.25, -0.2) is 0 Å². The Bertz CT molecular complexity index is 433. The first-order chi connectivity index (χ1) is 8.22. The summed E-state index contributed by atoms with van der Waals surface area (Å²) < 4.78 is 0. The highest BCUT2D eigenvalue weighted by atomic mass is 16.4. The van der Waals surface area contributed by atoms with E-state index in [0.29, 0.717) is 0 Å². The molecule has 3 atom stereocenters. The third-order valence-electron chi connectivity index (χ3n) is 3.35. The topological polar surface area (TPSA) is 37.3 Å². The molecule has 0 saturated carbocycles. The van der Waals surface area contributed by atoms with Crippen molar-refractivity contribution in [2.24, 2.45) is 17.8 Å². The molecule has 1 aliphatic rings. The minimum Gasteiger partial charge on any atom is -0.481 e. The molecule has 1 N–H and O–H groups in total. The lowest BCUT2D eigenvalue weighted by atomic mass is 9.72. The third-order valence-corrected chi connectivity index (χ3v) is 3.35. The quantitative estimate of drug-likeness (QED) is 0.787. The maximum Gasteiger partial charge on any atom is 0.310 e. The molecule has 1 aromatic rings. The van der Waals surface area contributed by atoms with Gasteiger partial charge in [0.05, 0.1) is 5.92 Å². The van der Waals surface area contributed by atoms with Crippen LogP contribution in [0, 0.1) is 17.8 Å². The summed E-state index contributed by atoms with van der Waals surface area (Å²) in [6, 6.07) is 10.1. The minimum absolute atomic E-state index is 0.0882. The Morgan fingerprint density at radius 1 is 1.35 bits per heavy atom. The molecule has 88 valence electrons. The lowest BCUT2D eigenvalue weighted by Crippen LogP contribution is -2.32. The summed E-state index contributed by atoms with van der Waals surface area (Å²) in [6.07, 6.45) is 6.46. The molecular weight excluding hydrogens is 212 g/mol. The molecule has 1 aromatic carbocycles. The number of carbonyl (C=O) groups is 1. The van der Waals surface area contributed by atoms with Crippen molar-refractivity contribution in [1.29, 1.82) is 0 Å². The van der Waals surface area contributed by atoms with Crippen LogP contribution < -0.4 is 0 Å². The molecule has 0 aromatic heterocycles. The lowest BCUT2D eigenvalue weighted by molar-refractivity contribution is -0.142. The van der Waals surface area contributed by atoms with Crippen molar-refractivity contribution in [3.05, 3.63) is 60.7 Å². The maximum atomic E-state index is 11.0. The van der Waals surface area contributed by atoms with E-state index in [4.69, 9.17) is 5.11 Å². The molecule has 0 bridgehead atoms. The van der Waals surface area contributed by atoms with Gasteiger partial charge in [-0.3, -0.25) is 4.79 Å². The van der Waals surface area contributed by atoms with Gasteiger partial charge in [-0.15, -0.1) is 6.58 Å². The number of benzene rings is 1. The van der Waals surface area contributed by atoms with Crippen LogP contribution in [0.1, 0.15) is 5.56 Å². The second kappa shape index (κ2) is 5.00. The van der Waals surface area contributed by atoms with Crippen molar-refractivity contribution in [1.82, 2.24) is 0 Å². The Balaban J connectivity index is 2.06. The van der Waals surface area contributed by atoms with Gasteiger partial charge in [0, 0.05) is 5.92 Å². The molecule has 2 heteroatoms. The smallest absolute Gasteiger partial charge is 0.310 e. The average molecular weight is 228 g/mol. The fraction of sp³-hybridized carbons (Fsp3) is 0.267. The summed E-state index contributed by atoms with van der Waals surface area (Å²) in [6.45, 7) is 3.83. The van der Waals surface area contributed by atoms with E-state index in [1.54, 1.807) is 6.08 Å². The van der Waals surface area contributed by atoms with E-state index >= 15 is 0 Å². The van der Waals surface area contributed by atoms with Crippen molar-refractivity contribution >= 4 is 5.97 Å². The van der Waals surface area contributed by atoms with Crippen LogP contribution in [0.2, 0.25) is 0 Å². The summed E-state index contributed by atoms with van der Waals surface area (Å²) in [5.74, 6) is -0.798. The predicted molar refractivity (Wildman–Crippen MR) is 67.6 cm³/mol. The Morgan fingerprint density at radius 2 is 2.06 bits per heavy atom. The van der Waals surface area contributed by atoms with E-state index in [9.17, 15) is 4.79 Å². The normalized spacial score (nSPS) is 23.8. The van der Waals surface area contributed by atoms with Crippen LogP contribution in [0.5, 0.6) is 0 Å². The Morgan fingerprint density at radius 3 is 2.53 bits per heavy atom. The van der Waals surface area contributed by atoms with Crippen molar-refractivity contribution < 1.29 is 9.90 Å². The number of hydrogen-bond donors (Lipinski definition) is 1. The first-order valence-corrected chi connectivity index (χ1v) is 5.80. The van der Waals surface area contributed by atoms with E-state index in [-0.39, 0.29) is 17.8 Å². The largest absolute Gasteiger partial charge is 0.481 e. The summed E-state index contributed by atoms with van der Waals surface area (Å²) in [5, 5.41) is 9.03. The van der Waals surface area contributed by atoms with Gasteiger partial charge in [-0.2, -0.15) is 0 Å². The van der Waals surface area contributed by atoms with E-state index in [1.807, 2.05) is 30.4 Å². The molecule has 0 heterocycles. The second-order valence-corrected chi connectivity index (χ2v) is 4.42. The Labute approximate surface area is 101 Å². The van der Waals surface area contributed by atoms with Gasteiger partial charge in [0.15, 0.2) is 0 Å². The van der Waals surface area contributed by atoms with E-state index < -0.39 is 5.97 Å². The van der Waals surface area contributed by atoms with Crippen LogP contribution in [0.15, 0.2) is 55.1 Å². The van der Waals surface area contributed by atoms with Crippen molar-refractivity contribution in [2.75, 3.05) is 0 Å². The SMILES string of the molecule is C=CC(Cc1ccccc1)[C@@H]1C=C[C@H]1C(=O)O. The monoisotopic (exact) mass is 228 g/mol. The zero-order chi connectivity index (χ0) is 12.3. The van der Waals surface area contributed by atoms with Crippen LogP contribution in [0.3, 0.4) is 0 Å². The molecule has 2 nitrogen and oxygen atoms in total. The number of carboxylic acid groups (broad SMARTS) is 1. The van der Waals surface area contributed by atoms with Gasteiger partial charge in [-0.05, 0) is 17.9 Å². The molecule has 0 amide bonds. The maximum absolute atomic E-state index is 11.0. The van der Waals surface area contributed by atoms with Crippen LogP contribution in [-0.4, -0.2) is 11.1 Å². The molecule has 1 unspecified atom stereocenters. The van der Waals surface area contributed by atoms with Gasteiger partial charge >= 0.3 is 5.97 Å². The van der Waals surface area contributed by atoms with Crippen LogP contribution in [-0.2, 0) is 11.2 Å². The zero-order valence-electron chi connectivity index (χ0n) is 9.62. The fourth-order valence-corrected chi connectivity index (χ4v) is 2.27. The molecular formula is C15H16O2. The highest BCUT2D eigenvalue weighted by molar-refractivity contribution is 5.74. The fourth-order valence-electron chi connectivity index (χ4n) is 2.27. The first kappa shape index (κ1) is 11.6. The van der Waals surface area contributed by atoms with Crippen LogP contribution in [0.4, 0.5) is 0 Å². The highest BCUT2D eigenvalue weighted by Crippen LogP contribution is 2.35. The molecule has 0 saturated heterocycles. The van der Waals surface area contributed by atoms with E-state index in [2.05, 4.69) is 18.7 Å². The van der Waals surface area contributed by atoms with Crippen LogP contribution >= 0.6 is 0 Å². The predicted octanol–water partition coefficient (Wildman–Crippen LogP) is 2.92. The number of hydrogen-bond acceptors (Lipinski definition) is 1. The van der Waals surface area contributed by atoms with Crippen molar-refractivity contribution in [2.45, 2.75) is 6.42 Å². The number of rotatable bonds is 5. The molecule has 0 radical (unpaired) electrons. The summed E-state index contributed by atoms with van der Waals surface area (Å²) in [4.78, 5) is 11.0. The van der Waals surface area contributed by atoms with Gasteiger partial charge in [0.2, 0.25) is 0 Å². The standard InChI is InChI=1S/C15H16O2/c1-2-12(10-11-6-4-3-5-7-11)13-8-9-14(13)15(16)17/h2-9,12-14H,1,10H2,(H,16,17)/t12?,13-,14+/m0/s1. The van der Waals surface area contributed by atoms with Gasteiger partial charge in [0.1, 0.15) is 0 Å². The molecule has 0 fully saturated rings. The van der Waals surface area contributed by atoms with Gasteiger partial charge in [-0.1, -0.05) is 48.6 Å². The molecule has 1 aliphatic carbocycles.